The SMILES string of the molecule is CCCCCCC1CCC(C#Cc2ccc(C#Cc3cc(F)c4c(F)c(C#CC(F)(F)F)c(F)cc4c3)c(F)c2)CC1. The van der Waals surface area contributed by atoms with E-state index in [9.17, 15) is 30.7 Å². The molecule has 0 aromatic heterocycles. The number of halogens is 7. The van der Waals surface area contributed by atoms with Crippen LogP contribution in [-0.2, 0) is 0 Å². The zero-order chi connectivity index (χ0) is 30.3. The average Bonchev–Trinajstić information content (AvgIpc) is 2.93. The van der Waals surface area contributed by atoms with Crippen molar-refractivity contribution < 1.29 is 30.7 Å². The zero-order valence-electron chi connectivity index (χ0n) is 23.1. The van der Waals surface area contributed by atoms with Gasteiger partial charge >= 0.3 is 6.18 Å². The number of benzene rings is 3. The van der Waals surface area contributed by atoms with E-state index in [0.29, 0.717) is 17.5 Å². The van der Waals surface area contributed by atoms with Gasteiger partial charge in [0.2, 0.25) is 0 Å². The Hall–Kier alpha value is -3.89. The van der Waals surface area contributed by atoms with Gasteiger partial charge in [-0.2, -0.15) is 13.2 Å². The highest BCUT2D eigenvalue weighted by atomic mass is 19.4. The molecule has 0 spiro atoms. The molecule has 0 N–H and O–H groups in total. The van der Waals surface area contributed by atoms with Crippen molar-refractivity contribution in [2.45, 2.75) is 70.9 Å². The molecule has 4 rings (SSSR count). The Kier molecular flexibility index (Phi) is 10.2. The third kappa shape index (κ3) is 8.33. The molecule has 3 aromatic carbocycles. The summed E-state index contributed by atoms with van der Waals surface area (Å²) in [5.41, 5.74) is -0.642. The summed E-state index contributed by atoms with van der Waals surface area (Å²) in [5.74, 6) is 10.0. The fourth-order valence-corrected chi connectivity index (χ4v) is 5.21. The second kappa shape index (κ2) is 13.8. The standard InChI is InChI=1S/C35H29F7/c1-2-3-4-5-6-23-7-9-24(10-8-23)11-12-25-13-15-27(30(36)20-25)16-14-26-19-28-22-31(37)29(17-18-35(40,41)42)34(39)33(28)32(38)21-26/h13,15,19-24H,2-10H2,1H3. The molecule has 0 atom stereocenters. The van der Waals surface area contributed by atoms with Crippen LogP contribution in [0.25, 0.3) is 10.8 Å². The van der Waals surface area contributed by atoms with Gasteiger partial charge in [-0.25, -0.2) is 17.6 Å². The summed E-state index contributed by atoms with van der Waals surface area (Å²) in [4.78, 5) is 0. The first-order valence-electron chi connectivity index (χ1n) is 14.1. The molecule has 42 heavy (non-hydrogen) atoms. The lowest BCUT2D eigenvalue weighted by Crippen LogP contribution is -2.13. The van der Waals surface area contributed by atoms with Crippen molar-refractivity contribution in [2.75, 3.05) is 0 Å². The minimum atomic E-state index is -4.97. The molecule has 0 bridgehead atoms. The van der Waals surface area contributed by atoms with Crippen LogP contribution in [-0.4, -0.2) is 6.18 Å². The van der Waals surface area contributed by atoms with Gasteiger partial charge in [-0.05, 0) is 73.4 Å². The number of alkyl halides is 3. The van der Waals surface area contributed by atoms with Crippen molar-refractivity contribution in [1.29, 1.82) is 0 Å². The van der Waals surface area contributed by atoms with Crippen LogP contribution in [0.15, 0.2) is 36.4 Å². The van der Waals surface area contributed by atoms with E-state index in [1.54, 1.807) is 6.07 Å². The normalized spacial score (nSPS) is 16.6. The van der Waals surface area contributed by atoms with Gasteiger partial charge in [-0.15, -0.1) is 0 Å². The minimum Gasteiger partial charge on any atom is -0.206 e. The summed E-state index contributed by atoms with van der Waals surface area (Å²) in [6.07, 6.45) is 5.90. The molecule has 1 aliphatic rings. The van der Waals surface area contributed by atoms with Gasteiger partial charge in [0, 0.05) is 23.0 Å². The largest absolute Gasteiger partial charge is 0.458 e. The zero-order valence-corrected chi connectivity index (χ0v) is 23.1. The summed E-state index contributed by atoms with van der Waals surface area (Å²) < 4.78 is 95.5. The third-order valence-corrected chi connectivity index (χ3v) is 7.45. The average molecular weight is 583 g/mol. The quantitative estimate of drug-likeness (QED) is 0.160. The Balaban J connectivity index is 1.45. The second-order valence-corrected chi connectivity index (χ2v) is 10.6. The highest BCUT2D eigenvalue weighted by Crippen LogP contribution is 2.32. The van der Waals surface area contributed by atoms with Gasteiger partial charge in [-0.1, -0.05) is 68.6 Å². The van der Waals surface area contributed by atoms with Crippen molar-refractivity contribution in [1.82, 2.24) is 0 Å². The van der Waals surface area contributed by atoms with Crippen molar-refractivity contribution >= 4 is 10.8 Å². The summed E-state index contributed by atoms with van der Waals surface area (Å²) in [7, 11) is 0. The van der Waals surface area contributed by atoms with Crippen molar-refractivity contribution in [3.05, 3.63) is 81.9 Å². The van der Waals surface area contributed by atoms with Gasteiger partial charge in [-0.3, -0.25) is 0 Å². The maximum Gasteiger partial charge on any atom is 0.458 e. The lowest BCUT2D eigenvalue weighted by molar-refractivity contribution is -0.0696. The first-order valence-corrected chi connectivity index (χ1v) is 14.1. The molecule has 3 aromatic rings. The molecule has 1 aliphatic carbocycles. The predicted molar refractivity (Wildman–Crippen MR) is 150 cm³/mol. The Bertz CT molecular complexity index is 1620. The number of fused-ring (bicyclic) bond motifs is 1. The number of hydrogen-bond acceptors (Lipinski definition) is 0. The number of unbranched alkanes of at least 4 members (excludes halogenated alkanes) is 3. The van der Waals surface area contributed by atoms with Crippen LogP contribution in [0.5, 0.6) is 0 Å². The lowest BCUT2D eigenvalue weighted by Gasteiger charge is -2.25. The molecule has 0 nitrogen and oxygen atoms in total. The van der Waals surface area contributed by atoms with Gasteiger partial charge in [0.15, 0.2) is 5.82 Å². The maximum absolute atomic E-state index is 14.7. The molecule has 0 heterocycles. The number of hydrogen-bond donors (Lipinski definition) is 0. The molecule has 0 aliphatic heterocycles. The summed E-state index contributed by atoms with van der Waals surface area (Å²) in [5, 5.41) is -0.980. The smallest absolute Gasteiger partial charge is 0.206 e. The summed E-state index contributed by atoms with van der Waals surface area (Å²) in [6.45, 7) is 2.21. The molecule has 0 radical (unpaired) electrons. The van der Waals surface area contributed by atoms with E-state index in [4.69, 9.17) is 0 Å². The van der Waals surface area contributed by atoms with Crippen LogP contribution in [0.3, 0.4) is 0 Å². The maximum atomic E-state index is 14.7. The summed E-state index contributed by atoms with van der Waals surface area (Å²) in [6, 6.07) is 7.08. The van der Waals surface area contributed by atoms with E-state index in [2.05, 4.69) is 30.6 Å². The second-order valence-electron chi connectivity index (χ2n) is 10.6. The first-order chi connectivity index (χ1) is 20.0. The van der Waals surface area contributed by atoms with Crippen molar-refractivity contribution in [3.8, 4) is 35.5 Å². The van der Waals surface area contributed by atoms with E-state index >= 15 is 0 Å². The molecule has 1 saturated carbocycles. The topological polar surface area (TPSA) is 0 Å². The van der Waals surface area contributed by atoms with E-state index in [0.717, 1.165) is 36.8 Å². The highest BCUT2D eigenvalue weighted by Gasteiger charge is 2.24. The molecule has 0 saturated heterocycles. The molecular formula is C35H29F7. The van der Waals surface area contributed by atoms with Crippen molar-refractivity contribution in [3.63, 3.8) is 0 Å². The van der Waals surface area contributed by atoms with Crippen LogP contribution < -0.4 is 0 Å². The van der Waals surface area contributed by atoms with Crippen molar-refractivity contribution in [2.24, 2.45) is 11.8 Å². The van der Waals surface area contributed by atoms with Gasteiger partial charge < -0.3 is 0 Å². The minimum absolute atomic E-state index is 0.00263. The monoisotopic (exact) mass is 582 g/mol. The Morgan fingerprint density at radius 1 is 0.738 bits per heavy atom. The van der Waals surface area contributed by atoms with E-state index < -0.39 is 40.4 Å². The van der Waals surface area contributed by atoms with Gasteiger partial charge in [0.1, 0.15) is 17.5 Å². The van der Waals surface area contributed by atoms with Crippen LogP contribution in [0.1, 0.15) is 87.0 Å². The van der Waals surface area contributed by atoms with Gasteiger partial charge in [0.25, 0.3) is 0 Å². The summed E-state index contributed by atoms with van der Waals surface area (Å²) >= 11 is 0. The van der Waals surface area contributed by atoms with Crippen LogP contribution in [0, 0.1) is 70.6 Å². The fourth-order valence-electron chi connectivity index (χ4n) is 5.21. The highest BCUT2D eigenvalue weighted by molar-refractivity contribution is 5.87. The van der Waals surface area contributed by atoms with E-state index in [1.165, 1.54) is 63.0 Å². The van der Waals surface area contributed by atoms with Crippen LogP contribution in [0.2, 0.25) is 0 Å². The lowest BCUT2D eigenvalue weighted by atomic mass is 9.80. The molecule has 218 valence electrons. The number of rotatable bonds is 5. The third-order valence-electron chi connectivity index (χ3n) is 7.45. The van der Waals surface area contributed by atoms with Crippen LogP contribution in [0.4, 0.5) is 30.7 Å². The molecule has 1 fully saturated rings. The molecular weight excluding hydrogens is 553 g/mol. The molecule has 0 amide bonds. The van der Waals surface area contributed by atoms with E-state index in [1.807, 2.05) is 0 Å². The Morgan fingerprint density at radius 3 is 2.17 bits per heavy atom. The first kappa shape index (κ1) is 31.1. The van der Waals surface area contributed by atoms with Crippen LogP contribution >= 0.6 is 0 Å². The van der Waals surface area contributed by atoms with Gasteiger partial charge in [0.05, 0.1) is 16.5 Å². The Morgan fingerprint density at radius 2 is 1.48 bits per heavy atom. The molecule has 0 unspecified atom stereocenters. The predicted octanol–water partition coefficient (Wildman–Crippen LogP) is 9.84. The fraction of sp³-hybridized carbons (Fsp3) is 0.371. The molecule has 7 heteroatoms. The Labute approximate surface area is 241 Å². The van der Waals surface area contributed by atoms with E-state index in [-0.39, 0.29) is 16.5 Å².